The zero-order chi connectivity index (χ0) is 17.9. The number of hydrogen-bond acceptors (Lipinski definition) is 4. The minimum absolute atomic E-state index is 0.303. The van der Waals surface area contributed by atoms with Gasteiger partial charge in [0.2, 0.25) is 0 Å². The number of furan rings is 1. The van der Waals surface area contributed by atoms with Crippen molar-refractivity contribution >= 4 is 22.5 Å². The molecule has 6 heteroatoms. The first kappa shape index (κ1) is 15.8. The molecule has 0 aliphatic carbocycles. The maximum Gasteiger partial charge on any atom is 0.272 e. The molecule has 2 N–H and O–H groups in total. The van der Waals surface area contributed by atoms with Crippen LogP contribution in [0.15, 0.2) is 76.6 Å². The van der Waals surface area contributed by atoms with E-state index in [0.29, 0.717) is 22.7 Å². The molecular formula is C20H16N4O2. The Morgan fingerprint density at radius 1 is 1.15 bits per heavy atom. The first-order chi connectivity index (χ1) is 12.7. The molecule has 6 nitrogen and oxygen atoms in total. The summed E-state index contributed by atoms with van der Waals surface area (Å²) in [6, 6.07) is 16.6. The lowest BCUT2D eigenvalue weighted by molar-refractivity contribution is 0.0956. The minimum Gasteiger partial charge on any atom is -0.463 e. The van der Waals surface area contributed by atoms with Crippen LogP contribution < -0.4 is 5.43 Å². The van der Waals surface area contributed by atoms with Crippen molar-refractivity contribution in [3.05, 3.63) is 78.3 Å². The van der Waals surface area contributed by atoms with Gasteiger partial charge >= 0.3 is 0 Å². The van der Waals surface area contributed by atoms with Gasteiger partial charge in [0.05, 0.1) is 28.7 Å². The molecule has 0 spiro atoms. The Hall–Kier alpha value is -3.67. The maximum absolute atomic E-state index is 12.8. The van der Waals surface area contributed by atoms with Gasteiger partial charge in [0.1, 0.15) is 5.69 Å². The Morgan fingerprint density at radius 2 is 2.04 bits per heavy atom. The molecule has 0 bridgehead atoms. The Labute approximate surface area is 149 Å². The molecule has 1 amide bonds. The lowest BCUT2D eigenvalue weighted by Crippen LogP contribution is -2.20. The Balaban J connectivity index is 1.72. The maximum atomic E-state index is 12.8. The van der Waals surface area contributed by atoms with Gasteiger partial charge in [-0.15, -0.1) is 0 Å². The highest BCUT2D eigenvalue weighted by atomic mass is 16.3. The normalized spacial score (nSPS) is 11.7. The molecule has 0 saturated heterocycles. The third-order valence-corrected chi connectivity index (χ3v) is 4.05. The van der Waals surface area contributed by atoms with Crippen molar-refractivity contribution in [1.29, 1.82) is 0 Å². The molecule has 4 aromatic rings. The van der Waals surface area contributed by atoms with E-state index in [9.17, 15) is 4.79 Å². The van der Waals surface area contributed by atoms with Crippen LogP contribution in [0.25, 0.3) is 22.4 Å². The van der Waals surface area contributed by atoms with E-state index in [-0.39, 0.29) is 5.91 Å². The topological polar surface area (TPSA) is 83.3 Å². The van der Waals surface area contributed by atoms with Crippen molar-refractivity contribution < 1.29 is 9.21 Å². The highest BCUT2D eigenvalue weighted by molar-refractivity contribution is 6.07. The van der Waals surface area contributed by atoms with Gasteiger partial charge < -0.3 is 9.40 Å². The van der Waals surface area contributed by atoms with E-state index >= 15 is 0 Å². The highest BCUT2D eigenvalue weighted by Gasteiger charge is 2.15. The van der Waals surface area contributed by atoms with Gasteiger partial charge in [-0.3, -0.25) is 4.79 Å². The molecule has 3 heterocycles. The van der Waals surface area contributed by atoms with Crippen LogP contribution >= 0.6 is 0 Å². The molecule has 0 fully saturated rings. The summed E-state index contributed by atoms with van der Waals surface area (Å²) < 4.78 is 5.42. The van der Waals surface area contributed by atoms with E-state index in [4.69, 9.17) is 4.42 Å². The molecule has 1 aromatic carbocycles. The number of aromatic amines is 1. The summed E-state index contributed by atoms with van der Waals surface area (Å²) >= 11 is 0. The Kier molecular flexibility index (Phi) is 4.07. The lowest BCUT2D eigenvalue weighted by atomic mass is 10.1. The summed E-state index contributed by atoms with van der Waals surface area (Å²) in [5.41, 5.74) is 5.97. The molecule has 0 radical (unpaired) electrons. The number of nitrogens with one attached hydrogen (secondary N) is 2. The van der Waals surface area contributed by atoms with Crippen LogP contribution in [-0.2, 0) is 0 Å². The molecule has 3 aromatic heterocycles. The lowest BCUT2D eigenvalue weighted by Gasteiger charge is -2.08. The van der Waals surface area contributed by atoms with Crippen molar-refractivity contribution in [3.8, 4) is 11.5 Å². The van der Waals surface area contributed by atoms with E-state index in [1.807, 2.05) is 55.6 Å². The molecule has 26 heavy (non-hydrogen) atoms. The van der Waals surface area contributed by atoms with Crippen LogP contribution in [0.2, 0.25) is 0 Å². The second-order valence-corrected chi connectivity index (χ2v) is 5.77. The summed E-state index contributed by atoms with van der Waals surface area (Å²) in [5, 5.41) is 4.94. The van der Waals surface area contributed by atoms with E-state index in [0.717, 1.165) is 16.6 Å². The van der Waals surface area contributed by atoms with Crippen LogP contribution in [0.5, 0.6) is 0 Å². The molecule has 0 atom stereocenters. The Morgan fingerprint density at radius 3 is 2.81 bits per heavy atom. The van der Waals surface area contributed by atoms with Gasteiger partial charge in [-0.2, -0.15) is 5.10 Å². The van der Waals surface area contributed by atoms with Crippen molar-refractivity contribution in [3.63, 3.8) is 0 Å². The Bertz CT molecular complexity index is 1080. The SMILES string of the molecule is C/C(=N\NC(=O)c1cc(-c2ccco2)nc2ccccc12)c1ccc[nH]1. The van der Waals surface area contributed by atoms with Crippen LogP contribution in [0.4, 0.5) is 0 Å². The predicted octanol–water partition coefficient (Wildman–Crippen LogP) is 3.98. The van der Waals surface area contributed by atoms with E-state index in [1.54, 1.807) is 18.4 Å². The number of benzene rings is 1. The molecule has 0 aliphatic rings. The van der Waals surface area contributed by atoms with Gasteiger partial charge in [-0.25, -0.2) is 10.4 Å². The quantitative estimate of drug-likeness (QED) is 0.434. The van der Waals surface area contributed by atoms with E-state index in [2.05, 4.69) is 20.5 Å². The number of amides is 1. The highest BCUT2D eigenvalue weighted by Crippen LogP contribution is 2.25. The first-order valence-corrected chi connectivity index (χ1v) is 8.14. The van der Waals surface area contributed by atoms with Crippen LogP contribution in [-0.4, -0.2) is 21.6 Å². The zero-order valence-electron chi connectivity index (χ0n) is 14.1. The van der Waals surface area contributed by atoms with Crippen molar-refractivity contribution in [2.24, 2.45) is 5.10 Å². The third-order valence-electron chi connectivity index (χ3n) is 4.05. The fourth-order valence-electron chi connectivity index (χ4n) is 2.72. The molecule has 0 aliphatic heterocycles. The fraction of sp³-hybridized carbons (Fsp3) is 0.0500. The van der Waals surface area contributed by atoms with Crippen molar-refractivity contribution in [2.75, 3.05) is 0 Å². The van der Waals surface area contributed by atoms with Crippen LogP contribution in [0.3, 0.4) is 0 Å². The summed E-state index contributed by atoms with van der Waals surface area (Å²) in [6.07, 6.45) is 3.39. The standard InChI is InChI=1S/C20H16N4O2/c1-13(16-8-4-10-21-16)23-24-20(25)15-12-18(19-9-5-11-26-19)22-17-7-3-2-6-14(15)17/h2-12,21H,1H3,(H,24,25)/b23-13+. The van der Waals surface area contributed by atoms with Crippen molar-refractivity contribution in [1.82, 2.24) is 15.4 Å². The largest absolute Gasteiger partial charge is 0.463 e. The number of nitrogens with zero attached hydrogens (tertiary/aromatic N) is 2. The van der Waals surface area contributed by atoms with Gasteiger partial charge in [-0.1, -0.05) is 18.2 Å². The number of pyridine rings is 1. The zero-order valence-corrected chi connectivity index (χ0v) is 14.1. The van der Waals surface area contributed by atoms with Gasteiger partial charge in [0.15, 0.2) is 5.76 Å². The number of carbonyl (C=O) groups excluding carboxylic acids is 1. The van der Waals surface area contributed by atoms with Gasteiger partial charge in [0, 0.05) is 11.6 Å². The monoisotopic (exact) mass is 344 g/mol. The number of para-hydroxylation sites is 1. The molecule has 0 saturated carbocycles. The van der Waals surface area contributed by atoms with E-state index < -0.39 is 0 Å². The average molecular weight is 344 g/mol. The number of hydrogen-bond donors (Lipinski definition) is 2. The summed E-state index contributed by atoms with van der Waals surface area (Å²) in [7, 11) is 0. The van der Waals surface area contributed by atoms with E-state index in [1.165, 1.54) is 0 Å². The second-order valence-electron chi connectivity index (χ2n) is 5.77. The molecule has 128 valence electrons. The summed E-state index contributed by atoms with van der Waals surface area (Å²) in [5.74, 6) is 0.304. The third kappa shape index (κ3) is 3.00. The van der Waals surface area contributed by atoms with Gasteiger partial charge in [-0.05, 0) is 43.3 Å². The number of hydrazone groups is 1. The van der Waals surface area contributed by atoms with Crippen LogP contribution in [0, 0.1) is 0 Å². The molecular weight excluding hydrogens is 328 g/mol. The summed E-state index contributed by atoms with van der Waals surface area (Å²) in [6.45, 7) is 1.82. The smallest absolute Gasteiger partial charge is 0.272 e. The number of H-pyrrole nitrogens is 1. The average Bonchev–Trinajstić information content (AvgIpc) is 3.38. The number of aromatic nitrogens is 2. The first-order valence-electron chi connectivity index (χ1n) is 8.14. The molecule has 0 unspecified atom stereocenters. The second kappa shape index (κ2) is 6.68. The summed E-state index contributed by atoms with van der Waals surface area (Å²) in [4.78, 5) is 20.4. The fourth-order valence-corrected chi connectivity index (χ4v) is 2.72. The number of fused-ring (bicyclic) bond motifs is 1. The minimum atomic E-state index is -0.303. The van der Waals surface area contributed by atoms with Crippen LogP contribution in [0.1, 0.15) is 23.0 Å². The number of carbonyl (C=O) groups is 1. The number of rotatable bonds is 4. The van der Waals surface area contributed by atoms with Crippen molar-refractivity contribution in [2.45, 2.75) is 6.92 Å². The van der Waals surface area contributed by atoms with Gasteiger partial charge in [0.25, 0.3) is 5.91 Å². The molecule has 4 rings (SSSR count). The predicted molar refractivity (Wildman–Crippen MR) is 99.9 cm³/mol.